The molecule has 0 spiro atoms. The lowest BCUT2D eigenvalue weighted by atomic mass is 9.96. The van der Waals surface area contributed by atoms with E-state index in [2.05, 4.69) is 4.98 Å². The third kappa shape index (κ3) is 3.69. The van der Waals surface area contributed by atoms with E-state index in [-0.39, 0.29) is 24.3 Å². The van der Waals surface area contributed by atoms with Crippen molar-refractivity contribution in [3.8, 4) is 0 Å². The van der Waals surface area contributed by atoms with Crippen LogP contribution in [0.15, 0.2) is 18.3 Å². The van der Waals surface area contributed by atoms with E-state index in [1.807, 2.05) is 6.92 Å². The van der Waals surface area contributed by atoms with Crippen LogP contribution in [0.4, 0.5) is 0 Å². The number of pyridine rings is 1. The highest BCUT2D eigenvalue weighted by atomic mass is 35.5. The van der Waals surface area contributed by atoms with Gasteiger partial charge in [0.05, 0.1) is 5.75 Å². The lowest BCUT2D eigenvalue weighted by Gasteiger charge is -2.36. The predicted molar refractivity (Wildman–Crippen MR) is 77.8 cm³/mol. The molecule has 1 aromatic heterocycles. The Morgan fingerprint density at radius 2 is 2.20 bits per heavy atom. The van der Waals surface area contributed by atoms with Crippen molar-refractivity contribution in [2.75, 3.05) is 13.2 Å². The third-order valence-corrected chi connectivity index (χ3v) is 5.82. The number of piperidine rings is 1. The fourth-order valence-corrected chi connectivity index (χ4v) is 4.43. The van der Waals surface area contributed by atoms with Crippen molar-refractivity contribution >= 4 is 21.6 Å². The molecule has 0 radical (unpaired) electrons. The number of aromatic nitrogens is 1. The monoisotopic (exact) mass is 318 g/mol. The third-order valence-electron chi connectivity index (χ3n) is 3.68. The molecule has 2 unspecified atom stereocenters. The molecule has 0 amide bonds. The van der Waals surface area contributed by atoms with Crippen LogP contribution in [0, 0.1) is 5.92 Å². The number of halogens is 1. The summed E-state index contributed by atoms with van der Waals surface area (Å²) >= 11 is 5.69. The molecule has 5 nitrogen and oxygen atoms in total. The van der Waals surface area contributed by atoms with Gasteiger partial charge in [0.15, 0.2) is 0 Å². The van der Waals surface area contributed by atoms with Gasteiger partial charge in [0.25, 0.3) is 0 Å². The summed E-state index contributed by atoms with van der Waals surface area (Å²) in [6, 6.07) is 3.23. The van der Waals surface area contributed by atoms with E-state index in [0.29, 0.717) is 17.3 Å². The Morgan fingerprint density at radius 1 is 1.45 bits per heavy atom. The second kappa shape index (κ2) is 6.39. The first-order valence-electron chi connectivity index (χ1n) is 6.63. The minimum Gasteiger partial charge on any atom is -0.396 e. The summed E-state index contributed by atoms with van der Waals surface area (Å²) in [5, 5.41) is 9.58. The average molecular weight is 319 g/mol. The number of nitrogens with zero attached hydrogens (tertiary/aromatic N) is 2. The van der Waals surface area contributed by atoms with Crippen molar-refractivity contribution in [3.05, 3.63) is 29.0 Å². The molecule has 112 valence electrons. The second-order valence-corrected chi connectivity index (χ2v) is 7.60. The Labute approximate surface area is 124 Å². The molecule has 1 saturated heterocycles. The van der Waals surface area contributed by atoms with Crippen LogP contribution in [0.25, 0.3) is 0 Å². The molecular formula is C13H19ClN2O3S. The summed E-state index contributed by atoms with van der Waals surface area (Å²) < 4.78 is 26.5. The van der Waals surface area contributed by atoms with Gasteiger partial charge in [0, 0.05) is 25.4 Å². The van der Waals surface area contributed by atoms with Crippen LogP contribution >= 0.6 is 11.6 Å². The van der Waals surface area contributed by atoms with E-state index in [1.54, 1.807) is 12.1 Å². The van der Waals surface area contributed by atoms with E-state index in [0.717, 1.165) is 12.8 Å². The van der Waals surface area contributed by atoms with Gasteiger partial charge >= 0.3 is 0 Å². The molecule has 0 bridgehead atoms. The maximum atomic E-state index is 12.5. The second-order valence-electron chi connectivity index (χ2n) is 5.29. The minimum absolute atomic E-state index is 0.0249. The maximum absolute atomic E-state index is 12.5. The number of rotatable bonds is 4. The summed E-state index contributed by atoms with van der Waals surface area (Å²) in [7, 11) is -3.40. The number of aliphatic hydroxyl groups excluding tert-OH is 1. The Kier molecular flexibility index (Phi) is 5.01. The molecule has 0 aromatic carbocycles. The van der Waals surface area contributed by atoms with Gasteiger partial charge in [0.1, 0.15) is 5.15 Å². The Balaban J connectivity index is 2.14. The van der Waals surface area contributed by atoms with Crippen molar-refractivity contribution in [1.29, 1.82) is 0 Å². The topological polar surface area (TPSA) is 70.5 Å². The molecule has 1 aromatic rings. The molecule has 1 fully saturated rings. The van der Waals surface area contributed by atoms with E-state index in [4.69, 9.17) is 11.6 Å². The van der Waals surface area contributed by atoms with E-state index < -0.39 is 10.0 Å². The SMILES string of the molecule is CC1CCC(CO)CN1S(=O)(=O)Cc1ccc(Cl)nc1. The van der Waals surface area contributed by atoms with Gasteiger partial charge in [-0.2, -0.15) is 4.31 Å². The number of aliphatic hydroxyl groups is 1. The fraction of sp³-hybridized carbons (Fsp3) is 0.615. The molecule has 0 aliphatic carbocycles. The number of sulfonamides is 1. The van der Waals surface area contributed by atoms with Gasteiger partial charge in [-0.25, -0.2) is 13.4 Å². The zero-order valence-corrected chi connectivity index (χ0v) is 12.9. The van der Waals surface area contributed by atoms with Crippen molar-refractivity contribution in [1.82, 2.24) is 9.29 Å². The van der Waals surface area contributed by atoms with Gasteiger partial charge in [-0.15, -0.1) is 0 Å². The van der Waals surface area contributed by atoms with E-state index >= 15 is 0 Å². The minimum atomic E-state index is -3.40. The van der Waals surface area contributed by atoms with E-state index in [1.165, 1.54) is 10.5 Å². The average Bonchev–Trinajstić information content (AvgIpc) is 2.41. The van der Waals surface area contributed by atoms with E-state index in [9.17, 15) is 13.5 Å². The molecule has 0 saturated carbocycles. The summed E-state index contributed by atoms with van der Waals surface area (Å²) in [4.78, 5) is 3.90. The Hall–Kier alpha value is -0.690. The van der Waals surface area contributed by atoms with Crippen LogP contribution in [0.1, 0.15) is 25.3 Å². The van der Waals surface area contributed by atoms with Crippen LogP contribution in [0.3, 0.4) is 0 Å². The largest absolute Gasteiger partial charge is 0.396 e. The molecule has 1 aliphatic rings. The van der Waals surface area contributed by atoms with Gasteiger partial charge in [-0.05, 0) is 37.3 Å². The zero-order chi connectivity index (χ0) is 14.8. The Bertz CT molecular complexity index is 547. The molecule has 2 atom stereocenters. The van der Waals surface area contributed by atoms with Gasteiger partial charge < -0.3 is 5.11 Å². The first-order chi connectivity index (χ1) is 9.42. The standard InChI is InChI=1S/C13H19ClN2O3S/c1-10-2-3-12(8-17)7-16(10)20(18,19)9-11-4-5-13(14)15-6-11/h4-6,10,12,17H,2-3,7-9H2,1H3. The molecule has 2 heterocycles. The van der Waals surface area contributed by atoms with Crippen molar-refractivity contribution in [2.45, 2.75) is 31.6 Å². The fourth-order valence-electron chi connectivity index (χ4n) is 2.47. The molecular weight excluding hydrogens is 300 g/mol. The van der Waals surface area contributed by atoms with Gasteiger partial charge in [-0.1, -0.05) is 17.7 Å². The molecule has 1 aliphatic heterocycles. The van der Waals surface area contributed by atoms with Crippen LogP contribution < -0.4 is 0 Å². The normalized spacial score (nSPS) is 24.8. The quantitative estimate of drug-likeness (QED) is 0.857. The highest BCUT2D eigenvalue weighted by Crippen LogP contribution is 2.26. The van der Waals surface area contributed by atoms with Gasteiger partial charge in [-0.3, -0.25) is 0 Å². The first kappa shape index (κ1) is 15.7. The molecule has 20 heavy (non-hydrogen) atoms. The lowest BCUT2D eigenvalue weighted by Crippen LogP contribution is -2.46. The molecule has 7 heteroatoms. The van der Waals surface area contributed by atoms with Crippen LogP contribution in [-0.4, -0.2) is 42.0 Å². The van der Waals surface area contributed by atoms with Crippen LogP contribution in [-0.2, 0) is 15.8 Å². The van der Waals surface area contributed by atoms with Gasteiger partial charge in [0.2, 0.25) is 10.0 Å². The highest BCUT2D eigenvalue weighted by molar-refractivity contribution is 7.88. The first-order valence-corrected chi connectivity index (χ1v) is 8.62. The van der Waals surface area contributed by atoms with Crippen LogP contribution in [0.2, 0.25) is 5.15 Å². The molecule has 1 N–H and O–H groups in total. The van der Waals surface area contributed by atoms with Crippen molar-refractivity contribution < 1.29 is 13.5 Å². The summed E-state index contributed by atoms with van der Waals surface area (Å²) in [6.45, 7) is 2.33. The summed E-state index contributed by atoms with van der Waals surface area (Å²) in [5.74, 6) is -0.0519. The highest BCUT2D eigenvalue weighted by Gasteiger charge is 2.33. The summed E-state index contributed by atoms with van der Waals surface area (Å²) in [6.07, 6.45) is 3.13. The Morgan fingerprint density at radius 3 is 2.80 bits per heavy atom. The summed E-state index contributed by atoms with van der Waals surface area (Å²) in [5.41, 5.74) is 0.618. The van der Waals surface area contributed by atoms with Crippen molar-refractivity contribution in [3.63, 3.8) is 0 Å². The zero-order valence-electron chi connectivity index (χ0n) is 11.4. The molecule has 2 rings (SSSR count). The number of hydrogen-bond donors (Lipinski definition) is 1. The smallest absolute Gasteiger partial charge is 0.218 e. The predicted octanol–water partition coefficient (Wildman–Crippen LogP) is 1.66. The van der Waals surface area contributed by atoms with Crippen LogP contribution in [0.5, 0.6) is 0 Å². The maximum Gasteiger partial charge on any atom is 0.218 e. The lowest BCUT2D eigenvalue weighted by molar-refractivity contribution is 0.139. The number of hydrogen-bond acceptors (Lipinski definition) is 4. The van der Waals surface area contributed by atoms with Crippen molar-refractivity contribution in [2.24, 2.45) is 5.92 Å².